The van der Waals surface area contributed by atoms with Crippen LogP contribution in [-0.4, -0.2) is 24.7 Å². The first-order valence-corrected chi connectivity index (χ1v) is 9.80. The quantitative estimate of drug-likeness (QED) is 0.721. The van der Waals surface area contributed by atoms with Crippen LogP contribution < -0.4 is 5.73 Å². The first kappa shape index (κ1) is 17.5. The molecule has 1 aromatic heterocycles. The molecule has 1 aliphatic rings. The highest BCUT2D eigenvalue weighted by molar-refractivity contribution is 9.10. The van der Waals surface area contributed by atoms with Crippen LogP contribution in [0.4, 0.5) is 0 Å². The van der Waals surface area contributed by atoms with Crippen molar-refractivity contribution in [2.45, 2.75) is 43.2 Å². The summed E-state index contributed by atoms with van der Waals surface area (Å²) < 4.78 is 36.0. The zero-order chi connectivity index (χ0) is 17.3. The minimum Gasteiger partial charge on any atom is -0.422 e. The topological polar surface area (TPSA) is 108 Å². The highest BCUT2D eigenvalue weighted by Crippen LogP contribution is 2.29. The molecular weight excluding hydrogens is 398 g/mol. The Kier molecular flexibility index (Phi) is 5.05. The fourth-order valence-electron chi connectivity index (χ4n) is 2.60. The average molecular weight is 416 g/mol. The van der Waals surface area contributed by atoms with Crippen LogP contribution in [0, 0.1) is 5.92 Å². The number of aromatic nitrogens is 2. The molecule has 1 fully saturated rings. The Morgan fingerprint density at radius 3 is 2.62 bits per heavy atom. The van der Waals surface area contributed by atoms with Crippen molar-refractivity contribution < 1.29 is 17.0 Å². The first-order chi connectivity index (χ1) is 11.3. The molecule has 130 valence electrons. The van der Waals surface area contributed by atoms with E-state index in [4.69, 9.17) is 14.3 Å². The third-order valence-corrected chi connectivity index (χ3v) is 5.86. The van der Waals surface area contributed by atoms with Crippen molar-refractivity contribution in [3.05, 3.63) is 40.5 Å². The summed E-state index contributed by atoms with van der Waals surface area (Å²) in [7, 11) is -3.90. The van der Waals surface area contributed by atoms with E-state index in [1.165, 1.54) is 12.1 Å². The van der Waals surface area contributed by atoms with E-state index in [1.54, 1.807) is 19.1 Å². The third kappa shape index (κ3) is 4.02. The fraction of sp³-hybridized carbons (Fsp3) is 0.467. The molecule has 0 unspecified atom stereocenters. The number of rotatable bonds is 6. The van der Waals surface area contributed by atoms with Gasteiger partial charge in [0.15, 0.2) is 6.10 Å². The van der Waals surface area contributed by atoms with Gasteiger partial charge in [-0.05, 0) is 49.9 Å². The predicted molar refractivity (Wildman–Crippen MR) is 89.5 cm³/mol. The van der Waals surface area contributed by atoms with Crippen LogP contribution in [0.25, 0.3) is 0 Å². The lowest BCUT2D eigenvalue weighted by atomic mass is 9.79. The van der Waals surface area contributed by atoms with Crippen LogP contribution in [-0.2, 0) is 20.7 Å². The molecule has 9 heteroatoms. The summed E-state index contributed by atoms with van der Waals surface area (Å²) in [4.78, 5) is 0.0701. The molecule has 0 amide bonds. The second kappa shape index (κ2) is 6.91. The Hall–Kier alpha value is -1.29. The summed E-state index contributed by atoms with van der Waals surface area (Å²) in [6.45, 7) is 1.56. The number of nitrogens with zero attached hydrogens (tertiary/aromatic N) is 2. The molecule has 1 heterocycles. The molecule has 0 saturated heterocycles. The average Bonchev–Trinajstić information content (AvgIpc) is 2.94. The highest BCUT2D eigenvalue weighted by atomic mass is 79.9. The van der Waals surface area contributed by atoms with Gasteiger partial charge in [0.25, 0.3) is 10.1 Å². The second-order valence-electron chi connectivity index (χ2n) is 5.98. The van der Waals surface area contributed by atoms with E-state index >= 15 is 0 Å². The lowest BCUT2D eigenvalue weighted by Crippen LogP contribution is -2.37. The van der Waals surface area contributed by atoms with Gasteiger partial charge in [-0.3, -0.25) is 4.18 Å². The minimum absolute atomic E-state index is 0.0701. The lowest BCUT2D eigenvalue weighted by Gasteiger charge is -2.31. The Morgan fingerprint density at radius 2 is 2.00 bits per heavy atom. The summed E-state index contributed by atoms with van der Waals surface area (Å²) in [5.41, 5.74) is 5.75. The molecule has 0 radical (unpaired) electrons. The summed E-state index contributed by atoms with van der Waals surface area (Å²) in [6, 6.07) is 6.45. The van der Waals surface area contributed by atoms with E-state index in [-0.39, 0.29) is 16.8 Å². The molecule has 2 aromatic rings. The summed E-state index contributed by atoms with van der Waals surface area (Å²) in [5.74, 6) is 1.09. The van der Waals surface area contributed by atoms with Crippen LogP contribution in [0.1, 0.15) is 37.7 Å². The maximum Gasteiger partial charge on any atom is 0.297 e. The molecule has 7 nitrogen and oxygen atoms in total. The van der Waals surface area contributed by atoms with Gasteiger partial charge in [0.1, 0.15) is 0 Å². The number of hydrogen-bond acceptors (Lipinski definition) is 7. The highest BCUT2D eigenvalue weighted by Gasteiger charge is 2.29. The van der Waals surface area contributed by atoms with E-state index in [9.17, 15) is 8.42 Å². The van der Waals surface area contributed by atoms with E-state index in [2.05, 4.69) is 26.1 Å². The Labute approximate surface area is 148 Å². The normalized spacial score (nSPS) is 22.1. The van der Waals surface area contributed by atoms with Crippen molar-refractivity contribution in [2.75, 3.05) is 0 Å². The Bertz CT molecular complexity index is 800. The van der Waals surface area contributed by atoms with Gasteiger partial charge in [-0.1, -0.05) is 15.9 Å². The zero-order valence-corrected chi connectivity index (χ0v) is 15.5. The van der Waals surface area contributed by atoms with Crippen LogP contribution in [0.15, 0.2) is 38.1 Å². The van der Waals surface area contributed by atoms with Crippen molar-refractivity contribution >= 4 is 26.0 Å². The Balaban J connectivity index is 1.65. The molecule has 0 spiro atoms. The van der Waals surface area contributed by atoms with Gasteiger partial charge in [-0.2, -0.15) is 8.42 Å². The van der Waals surface area contributed by atoms with E-state index in [1.807, 2.05) is 0 Å². The predicted octanol–water partition coefficient (Wildman–Crippen LogP) is 2.58. The number of halogens is 1. The van der Waals surface area contributed by atoms with Gasteiger partial charge in [-0.25, -0.2) is 0 Å². The minimum atomic E-state index is -3.90. The first-order valence-electron chi connectivity index (χ1n) is 7.60. The maximum absolute atomic E-state index is 12.3. The standard InChI is InChI=1S/C15H18BrN3O4S/c1-9(23-24(20,21)13-4-2-11(16)3-5-13)15-19-18-14(22-15)8-10-6-12(17)7-10/h2-5,9-10,12H,6-8,17H2,1H3/t9-,10-,12+/m1/s1. The van der Waals surface area contributed by atoms with Crippen molar-refractivity contribution in [2.24, 2.45) is 11.7 Å². The molecule has 2 N–H and O–H groups in total. The monoisotopic (exact) mass is 415 g/mol. The molecule has 1 saturated carbocycles. The van der Waals surface area contributed by atoms with Crippen LogP contribution in [0.5, 0.6) is 0 Å². The Morgan fingerprint density at radius 1 is 1.33 bits per heavy atom. The van der Waals surface area contributed by atoms with Crippen molar-refractivity contribution in [1.82, 2.24) is 10.2 Å². The molecule has 1 aromatic carbocycles. The maximum atomic E-state index is 12.3. The van der Waals surface area contributed by atoms with Gasteiger partial charge >= 0.3 is 0 Å². The summed E-state index contributed by atoms with van der Waals surface area (Å²) in [6.07, 6.45) is 1.69. The SMILES string of the molecule is C[C@@H](OS(=O)(=O)c1ccc(Br)cc1)c1nnc(C[C@H]2C[C@@H](N)C2)o1. The van der Waals surface area contributed by atoms with Gasteiger partial charge in [0, 0.05) is 16.9 Å². The van der Waals surface area contributed by atoms with Crippen molar-refractivity contribution in [3.8, 4) is 0 Å². The van der Waals surface area contributed by atoms with Gasteiger partial charge in [0.05, 0.1) is 4.90 Å². The summed E-state index contributed by atoms with van der Waals surface area (Å²) >= 11 is 3.26. The summed E-state index contributed by atoms with van der Waals surface area (Å²) in [5, 5.41) is 7.85. The fourth-order valence-corrected chi connectivity index (χ4v) is 3.91. The molecule has 1 atom stereocenters. The van der Waals surface area contributed by atoms with E-state index < -0.39 is 16.2 Å². The molecular formula is C15H18BrN3O4S. The second-order valence-corrected chi connectivity index (χ2v) is 8.47. The lowest BCUT2D eigenvalue weighted by molar-refractivity contribution is 0.188. The molecule has 24 heavy (non-hydrogen) atoms. The number of hydrogen-bond donors (Lipinski definition) is 1. The molecule has 1 aliphatic carbocycles. The van der Waals surface area contributed by atoms with E-state index in [0.717, 1.165) is 17.3 Å². The number of nitrogens with two attached hydrogens (primary N) is 1. The molecule has 0 aliphatic heterocycles. The zero-order valence-electron chi connectivity index (χ0n) is 13.1. The van der Waals surface area contributed by atoms with Gasteiger partial charge in [-0.15, -0.1) is 10.2 Å². The van der Waals surface area contributed by atoms with Gasteiger partial charge < -0.3 is 10.2 Å². The smallest absolute Gasteiger partial charge is 0.297 e. The number of benzene rings is 1. The molecule has 3 rings (SSSR count). The van der Waals surface area contributed by atoms with Crippen LogP contribution in [0.2, 0.25) is 0 Å². The third-order valence-electron chi connectivity index (χ3n) is 3.94. The molecule has 0 bridgehead atoms. The van der Waals surface area contributed by atoms with E-state index in [0.29, 0.717) is 18.2 Å². The van der Waals surface area contributed by atoms with Crippen LogP contribution >= 0.6 is 15.9 Å². The van der Waals surface area contributed by atoms with Crippen molar-refractivity contribution in [3.63, 3.8) is 0 Å². The van der Waals surface area contributed by atoms with Gasteiger partial charge in [0.2, 0.25) is 11.8 Å². The van der Waals surface area contributed by atoms with Crippen LogP contribution in [0.3, 0.4) is 0 Å². The largest absolute Gasteiger partial charge is 0.422 e. The van der Waals surface area contributed by atoms with Crippen molar-refractivity contribution in [1.29, 1.82) is 0 Å².